The van der Waals surface area contributed by atoms with Crippen LogP contribution in [0.25, 0.3) is 33.9 Å². The van der Waals surface area contributed by atoms with E-state index in [2.05, 4.69) is 4.98 Å². The van der Waals surface area contributed by atoms with Gasteiger partial charge in [0.15, 0.2) is 11.4 Å². The van der Waals surface area contributed by atoms with Crippen molar-refractivity contribution in [1.82, 2.24) is 19.4 Å². The van der Waals surface area contributed by atoms with Crippen LogP contribution in [0.15, 0.2) is 103 Å². The minimum atomic E-state index is -0.315. The monoisotopic (exact) mass is 656 g/mol. The molecule has 5 N–H and O–H groups in total. The van der Waals surface area contributed by atoms with E-state index in [1.807, 2.05) is 137 Å². The molecule has 0 bridgehead atoms. The number of allylic oxidation sites excluding steroid dienone is 1. The van der Waals surface area contributed by atoms with Crippen LogP contribution in [0.4, 0.5) is 0 Å². The molecule has 9 heteroatoms. The molecule has 3 unspecified atom stereocenters. The fourth-order valence-corrected chi connectivity index (χ4v) is 5.81. The van der Waals surface area contributed by atoms with Gasteiger partial charge in [0.2, 0.25) is 5.88 Å². The Labute approximate surface area is 287 Å². The number of ketones is 1. The third-order valence-electron chi connectivity index (χ3n) is 8.61. The van der Waals surface area contributed by atoms with Crippen LogP contribution in [0.5, 0.6) is 5.88 Å². The molecule has 3 aromatic carbocycles. The van der Waals surface area contributed by atoms with Gasteiger partial charge in [0, 0.05) is 53.7 Å². The van der Waals surface area contributed by atoms with Crippen LogP contribution in [0.3, 0.4) is 0 Å². The average molecular weight is 657 g/mol. The summed E-state index contributed by atoms with van der Waals surface area (Å²) in [6.45, 7) is 8.25. The Balaban J connectivity index is 0.000000263. The van der Waals surface area contributed by atoms with Crippen LogP contribution in [-0.4, -0.2) is 48.8 Å². The number of aromatic hydroxyl groups is 1. The molecule has 3 heterocycles. The molecular formula is C40H44N6O3. The lowest BCUT2D eigenvalue weighted by molar-refractivity contribution is -0.130. The number of hydrogen-bond acceptors (Lipinski definition) is 6. The normalized spacial score (nSPS) is 13.2. The summed E-state index contributed by atoms with van der Waals surface area (Å²) in [6, 6.07) is 27.9. The number of rotatable bonds is 12. The molecule has 0 radical (unpaired) electrons. The van der Waals surface area contributed by atoms with Crippen molar-refractivity contribution < 1.29 is 14.6 Å². The summed E-state index contributed by atoms with van der Waals surface area (Å²) in [5.74, 6) is 0.212. The quantitative estimate of drug-likeness (QED) is 0.0772. The van der Waals surface area contributed by atoms with E-state index >= 15 is 0 Å². The van der Waals surface area contributed by atoms with Crippen molar-refractivity contribution in [2.45, 2.75) is 58.5 Å². The third kappa shape index (κ3) is 8.13. The summed E-state index contributed by atoms with van der Waals surface area (Å²) in [5.41, 5.74) is 12.1. The zero-order chi connectivity index (χ0) is 34.9. The number of fused-ring (bicyclic) bond motifs is 2. The van der Waals surface area contributed by atoms with Crippen LogP contribution in [0, 0.1) is 5.41 Å². The minimum absolute atomic E-state index is 0.0900. The molecule has 0 saturated carbocycles. The Morgan fingerprint density at radius 2 is 1.63 bits per heavy atom. The number of H-pyrrole nitrogens is 1. The van der Waals surface area contributed by atoms with Gasteiger partial charge in [-0.05, 0) is 43.5 Å². The topological polar surface area (TPSA) is 142 Å². The number of benzene rings is 3. The highest BCUT2D eigenvalue weighted by molar-refractivity contribution is 5.94. The van der Waals surface area contributed by atoms with Gasteiger partial charge in [-0.3, -0.25) is 14.6 Å². The van der Waals surface area contributed by atoms with Crippen molar-refractivity contribution in [2.24, 2.45) is 5.73 Å². The molecule has 0 saturated heterocycles. The van der Waals surface area contributed by atoms with E-state index in [1.165, 1.54) is 0 Å². The lowest BCUT2D eigenvalue weighted by atomic mass is 9.94. The molecule has 3 aromatic heterocycles. The molecule has 0 aliphatic heterocycles. The molecule has 0 fully saturated rings. The van der Waals surface area contributed by atoms with E-state index in [1.54, 1.807) is 4.40 Å². The lowest BCUT2D eigenvalue weighted by Gasteiger charge is -2.16. The summed E-state index contributed by atoms with van der Waals surface area (Å²) in [5, 5.41) is 19.7. The predicted octanol–water partition coefficient (Wildman–Crippen LogP) is 8.25. The van der Waals surface area contributed by atoms with Crippen molar-refractivity contribution >= 4 is 34.2 Å². The van der Waals surface area contributed by atoms with Crippen LogP contribution in [0.2, 0.25) is 0 Å². The Morgan fingerprint density at radius 3 is 2.31 bits per heavy atom. The predicted molar refractivity (Wildman–Crippen MR) is 197 cm³/mol. The summed E-state index contributed by atoms with van der Waals surface area (Å²) in [6.07, 6.45) is 8.38. The summed E-state index contributed by atoms with van der Waals surface area (Å²) < 4.78 is 7.01. The summed E-state index contributed by atoms with van der Waals surface area (Å²) in [7, 11) is 0. The second-order valence-electron chi connectivity index (χ2n) is 12.0. The Bertz CT molecular complexity index is 2050. The van der Waals surface area contributed by atoms with E-state index in [0.29, 0.717) is 36.5 Å². The van der Waals surface area contributed by atoms with Gasteiger partial charge in [0.1, 0.15) is 17.5 Å². The number of imidazole rings is 1. The largest absolute Gasteiger partial charge is 0.493 e. The standard InChI is InChI=1S/C27H26N6O.C13H18O2/c1-17(18-9-3-2-4-10-18)25-27(34)33-16-23(20-15-30-21-12-6-5-11-19(20)21)31-22(26(33)32-25)13-7-8-14-24(28)29;1-4-15-11(3)13(14)10(2)12-8-6-5-7-9-12/h2-7,9-13,15-17,30,34H,8,14H2,1H3,(H3,28,29);5-11H,4H2,1-3H3/b13-7+;. The van der Waals surface area contributed by atoms with Crippen molar-refractivity contribution in [3.63, 3.8) is 0 Å². The number of aromatic nitrogens is 4. The third-order valence-corrected chi connectivity index (χ3v) is 8.61. The molecule has 6 aromatic rings. The zero-order valence-corrected chi connectivity index (χ0v) is 28.4. The molecule has 0 aliphatic carbocycles. The molecule has 0 amide bonds. The first-order valence-corrected chi connectivity index (χ1v) is 16.6. The van der Waals surface area contributed by atoms with E-state index in [4.69, 9.17) is 25.8 Å². The van der Waals surface area contributed by atoms with Crippen molar-refractivity contribution in [3.05, 3.63) is 126 Å². The number of aromatic amines is 1. The number of ether oxygens (including phenoxy) is 1. The first-order chi connectivity index (χ1) is 23.7. The molecule has 0 aliphatic rings. The number of Topliss-reactive ketones (excluding diaryl/α,β-unsaturated/α-hetero) is 1. The average Bonchev–Trinajstić information content (AvgIpc) is 3.71. The van der Waals surface area contributed by atoms with Crippen molar-refractivity contribution in [1.29, 1.82) is 5.41 Å². The highest BCUT2D eigenvalue weighted by Crippen LogP contribution is 2.35. The maximum atomic E-state index is 11.9. The van der Waals surface area contributed by atoms with E-state index in [9.17, 15) is 9.90 Å². The SMILES string of the molecule is CC(c1ccccc1)c1nc2c(/C=C/CCC(=N)N)nc(-c3c[nH]c4ccccc34)cn2c1O.CCOC(C)C(=O)C(C)c1ccccc1. The van der Waals surface area contributed by atoms with Gasteiger partial charge in [-0.2, -0.15) is 0 Å². The molecule has 3 atom stereocenters. The minimum Gasteiger partial charge on any atom is -0.493 e. The van der Waals surface area contributed by atoms with Gasteiger partial charge in [0.05, 0.1) is 11.5 Å². The number of carbonyl (C=O) groups excluding carboxylic acids is 1. The second-order valence-corrected chi connectivity index (χ2v) is 12.0. The summed E-state index contributed by atoms with van der Waals surface area (Å²) in [4.78, 5) is 24.9. The molecular weight excluding hydrogens is 612 g/mol. The number of nitrogens with two attached hydrogens (primary N) is 1. The van der Waals surface area contributed by atoms with Crippen LogP contribution >= 0.6 is 0 Å². The first-order valence-electron chi connectivity index (χ1n) is 16.6. The van der Waals surface area contributed by atoms with E-state index in [0.717, 1.165) is 33.3 Å². The fraction of sp³-hybridized carbons (Fsp3) is 0.250. The smallest absolute Gasteiger partial charge is 0.219 e. The molecule has 6 rings (SSSR count). The van der Waals surface area contributed by atoms with Gasteiger partial charge in [-0.25, -0.2) is 9.97 Å². The first kappa shape index (κ1) is 34.8. The molecule has 0 spiro atoms. The molecule has 9 nitrogen and oxygen atoms in total. The Morgan fingerprint density at radius 1 is 0.980 bits per heavy atom. The number of para-hydroxylation sites is 1. The van der Waals surface area contributed by atoms with Crippen molar-refractivity contribution in [2.75, 3.05) is 6.61 Å². The molecule has 49 heavy (non-hydrogen) atoms. The molecule has 252 valence electrons. The number of hydrogen-bond donors (Lipinski definition) is 4. The van der Waals surface area contributed by atoms with Crippen molar-refractivity contribution in [3.8, 4) is 17.1 Å². The second kappa shape index (κ2) is 16.0. The summed E-state index contributed by atoms with van der Waals surface area (Å²) >= 11 is 0. The van der Waals surface area contributed by atoms with Gasteiger partial charge in [-0.1, -0.05) is 98.8 Å². The van der Waals surface area contributed by atoms with Crippen LogP contribution in [0.1, 0.15) is 74.9 Å². The highest BCUT2D eigenvalue weighted by Gasteiger charge is 2.23. The van der Waals surface area contributed by atoms with Crippen LogP contribution in [-0.2, 0) is 9.53 Å². The maximum Gasteiger partial charge on any atom is 0.219 e. The van der Waals surface area contributed by atoms with Gasteiger partial charge in [0.25, 0.3) is 0 Å². The highest BCUT2D eigenvalue weighted by atomic mass is 16.5. The van der Waals surface area contributed by atoms with E-state index in [-0.39, 0.29) is 35.4 Å². The number of amidine groups is 1. The van der Waals surface area contributed by atoms with Gasteiger partial charge < -0.3 is 20.6 Å². The lowest BCUT2D eigenvalue weighted by Crippen LogP contribution is -2.25. The maximum absolute atomic E-state index is 11.9. The van der Waals surface area contributed by atoms with E-state index < -0.39 is 0 Å². The van der Waals surface area contributed by atoms with Gasteiger partial charge in [-0.15, -0.1) is 0 Å². The Kier molecular flexibility index (Phi) is 11.4. The number of carbonyl (C=O) groups is 1. The number of nitrogens with one attached hydrogen (secondary N) is 2. The number of nitrogens with zero attached hydrogens (tertiary/aromatic N) is 3. The zero-order valence-electron chi connectivity index (χ0n) is 28.4. The fourth-order valence-electron chi connectivity index (χ4n) is 5.81. The Hall–Kier alpha value is -5.54. The van der Waals surface area contributed by atoms with Gasteiger partial charge >= 0.3 is 0 Å². The van der Waals surface area contributed by atoms with Crippen LogP contribution < -0.4 is 5.73 Å².